The molecule has 0 aliphatic rings. The monoisotopic (exact) mass is 353 g/mol. The van der Waals surface area contributed by atoms with Crippen molar-refractivity contribution in [2.45, 2.75) is 0 Å². The Balaban J connectivity index is 1.61. The van der Waals surface area contributed by atoms with Crippen LogP contribution in [0.4, 0.5) is 10.8 Å². The SMILES string of the molecule is O=C(O)c1cccc(Nc2nc(-c3ccc4[nH]c(=O)oc4c3)cs2)c1. The van der Waals surface area contributed by atoms with Gasteiger partial charge < -0.3 is 14.8 Å². The summed E-state index contributed by atoms with van der Waals surface area (Å²) in [5.41, 5.74) is 3.50. The van der Waals surface area contributed by atoms with Crippen LogP contribution in [-0.4, -0.2) is 21.0 Å². The van der Waals surface area contributed by atoms with E-state index in [1.807, 2.05) is 11.4 Å². The van der Waals surface area contributed by atoms with Gasteiger partial charge in [-0.05, 0) is 30.3 Å². The number of rotatable bonds is 4. The lowest BCUT2D eigenvalue weighted by atomic mass is 10.1. The number of carbonyl (C=O) groups is 1. The van der Waals surface area contributed by atoms with Crippen LogP contribution in [-0.2, 0) is 0 Å². The van der Waals surface area contributed by atoms with Gasteiger partial charge in [-0.15, -0.1) is 11.3 Å². The summed E-state index contributed by atoms with van der Waals surface area (Å²) >= 11 is 1.39. The Bertz CT molecular complexity index is 1140. The third kappa shape index (κ3) is 3.02. The molecule has 0 aliphatic carbocycles. The van der Waals surface area contributed by atoms with Crippen molar-refractivity contribution < 1.29 is 14.3 Å². The molecular weight excluding hydrogens is 342 g/mol. The highest BCUT2D eigenvalue weighted by atomic mass is 32.1. The summed E-state index contributed by atoms with van der Waals surface area (Å²) in [4.78, 5) is 29.3. The van der Waals surface area contributed by atoms with Gasteiger partial charge in [0.2, 0.25) is 0 Å². The number of fused-ring (bicyclic) bond motifs is 1. The number of aromatic nitrogens is 2. The van der Waals surface area contributed by atoms with Gasteiger partial charge in [0, 0.05) is 16.6 Å². The summed E-state index contributed by atoms with van der Waals surface area (Å²) in [5.74, 6) is -1.48. The molecule has 0 spiro atoms. The Labute approximate surface area is 144 Å². The third-order valence-electron chi connectivity index (χ3n) is 3.58. The molecule has 0 aliphatic heterocycles. The van der Waals surface area contributed by atoms with Crippen LogP contribution in [0.2, 0.25) is 0 Å². The van der Waals surface area contributed by atoms with Gasteiger partial charge in [-0.3, -0.25) is 4.98 Å². The fraction of sp³-hybridized carbons (Fsp3) is 0. The van der Waals surface area contributed by atoms with Crippen LogP contribution in [0.1, 0.15) is 10.4 Å². The predicted molar refractivity (Wildman–Crippen MR) is 94.6 cm³/mol. The maximum Gasteiger partial charge on any atom is 0.417 e. The molecule has 0 radical (unpaired) electrons. The van der Waals surface area contributed by atoms with Crippen LogP contribution in [0.15, 0.2) is 57.1 Å². The van der Waals surface area contributed by atoms with Crippen LogP contribution < -0.4 is 11.1 Å². The summed E-state index contributed by atoms with van der Waals surface area (Å²) < 4.78 is 5.06. The van der Waals surface area contributed by atoms with Crippen molar-refractivity contribution in [1.82, 2.24) is 9.97 Å². The van der Waals surface area contributed by atoms with Gasteiger partial charge in [0.05, 0.1) is 16.8 Å². The first-order valence-corrected chi connectivity index (χ1v) is 8.15. The topological polar surface area (TPSA) is 108 Å². The molecule has 25 heavy (non-hydrogen) atoms. The van der Waals surface area contributed by atoms with Crippen molar-refractivity contribution in [1.29, 1.82) is 0 Å². The second-order valence-corrected chi connectivity index (χ2v) is 6.13. The Morgan fingerprint density at radius 3 is 2.96 bits per heavy atom. The van der Waals surface area contributed by atoms with Crippen molar-refractivity contribution in [3.8, 4) is 11.3 Å². The number of thiazole rings is 1. The van der Waals surface area contributed by atoms with Crippen LogP contribution >= 0.6 is 11.3 Å². The second kappa shape index (κ2) is 5.91. The molecule has 2 aromatic carbocycles. The van der Waals surface area contributed by atoms with E-state index in [1.54, 1.807) is 30.3 Å². The van der Waals surface area contributed by atoms with E-state index in [4.69, 9.17) is 9.52 Å². The van der Waals surface area contributed by atoms with Gasteiger partial charge >= 0.3 is 11.7 Å². The number of aromatic amines is 1. The molecule has 4 rings (SSSR count). The summed E-state index contributed by atoms with van der Waals surface area (Å²) in [7, 11) is 0. The number of H-pyrrole nitrogens is 1. The lowest BCUT2D eigenvalue weighted by Gasteiger charge is -2.03. The van der Waals surface area contributed by atoms with E-state index in [1.165, 1.54) is 17.4 Å². The van der Waals surface area contributed by atoms with E-state index in [0.717, 1.165) is 11.3 Å². The quantitative estimate of drug-likeness (QED) is 0.516. The second-order valence-electron chi connectivity index (χ2n) is 5.27. The summed E-state index contributed by atoms with van der Waals surface area (Å²) in [6.07, 6.45) is 0. The van der Waals surface area contributed by atoms with Gasteiger partial charge in [0.1, 0.15) is 0 Å². The number of nitrogens with one attached hydrogen (secondary N) is 2. The van der Waals surface area contributed by atoms with Crippen molar-refractivity contribution in [3.05, 3.63) is 64.0 Å². The van der Waals surface area contributed by atoms with Gasteiger partial charge in [-0.2, -0.15) is 0 Å². The molecule has 2 aromatic heterocycles. The molecule has 124 valence electrons. The van der Waals surface area contributed by atoms with Gasteiger partial charge in [0.15, 0.2) is 10.7 Å². The standard InChI is InChI=1S/C17H11N3O4S/c21-15(22)10-2-1-3-11(6-10)18-16-19-13(8-25-16)9-4-5-12-14(7-9)24-17(23)20-12/h1-8H,(H,18,19)(H,20,23)(H,21,22). The lowest BCUT2D eigenvalue weighted by Crippen LogP contribution is -1.97. The number of nitrogens with zero attached hydrogens (tertiary/aromatic N) is 1. The number of carboxylic acid groups (broad SMARTS) is 1. The average molecular weight is 353 g/mol. The molecule has 4 aromatic rings. The molecule has 0 bridgehead atoms. The minimum absolute atomic E-state index is 0.203. The van der Waals surface area contributed by atoms with Crippen molar-refractivity contribution in [3.63, 3.8) is 0 Å². The smallest absolute Gasteiger partial charge is 0.417 e. The van der Waals surface area contributed by atoms with Crippen molar-refractivity contribution in [2.75, 3.05) is 5.32 Å². The Hall–Kier alpha value is -3.39. The summed E-state index contributed by atoms with van der Waals surface area (Å²) in [6.45, 7) is 0. The van der Waals surface area contributed by atoms with E-state index in [9.17, 15) is 9.59 Å². The number of anilines is 2. The molecule has 0 amide bonds. The molecule has 0 saturated carbocycles. The molecule has 0 saturated heterocycles. The highest BCUT2D eigenvalue weighted by Gasteiger charge is 2.09. The number of oxazole rings is 1. The lowest BCUT2D eigenvalue weighted by molar-refractivity contribution is 0.0697. The third-order valence-corrected chi connectivity index (χ3v) is 4.34. The Morgan fingerprint density at radius 2 is 2.12 bits per heavy atom. The van der Waals surface area contributed by atoms with Crippen molar-refractivity contribution in [2.24, 2.45) is 0 Å². The van der Waals surface area contributed by atoms with Crippen molar-refractivity contribution >= 4 is 39.2 Å². The first-order chi connectivity index (χ1) is 12.1. The number of benzene rings is 2. The Morgan fingerprint density at radius 1 is 1.24 bits per heavy atom. The highest BCUT2D eigenvalue weighted by molar-refractivity contribution is 7.14. The molecule has 8 heteroatoms. The van der Waals surface area contributed by atoms with Crippen LogP contribution in [0, 0.1) is 0 Å². The molecule has 2 heterocycles. The number of hydrogen-bond donors (Lipinski definition) is 3. The zero-order valence-corrected chi connectivity index (χ0v) is 13.5. The van der Waals surface area contributed by atoms with E-state index < -0.39 is 11.7 Å². The molecule has 0 atom stereocenters. The van der Waals surface area contributed by atoms with Gasteiger partial charge in [-0.1, -0.05) is 12.1 Å². The normalized spacial score (nSPS) is 10.9. The maximum absolute atomic E-state index is 11.2. The fourth-order valence-electron chi connectivity index (χ4n) is 2.42. The largest absolute Gasteiger partial charge is 0.478 e. The minimum Gasteiger partial charge on any atom is -0.478 e. The summed E-state index contributed by atoms with van der Waals surface area (Å²) in [5, 5.41) is 14.6. The van der Waals surface area contributed by atoms with Gasteiger partial charge in [-0.25, -0.2) is 14.6 Å². The van der Waals surface area contributed by atoms with E-state index in [-0.39, 0.29) is 5.56 Å². The van der Waals surface area contributed by atoms with E-state index >= 15 is 0 Å². The fourth-order valence-corrected chi connectivity index (χ4v) is 3.16. The van der Waals surface area contributed by atoms with E-state index in [2.05, 4.69) is 15.3 Å². The van der Waals surface area contributed by atoms with E-state index in [0.29, 0.717) is 21.9 Å². The predicted octanol–water partition coefficient (Wildman–Crippen LogP) is 3.69. The molecule has 0 unspecified atom stereocenters. The molecule has 0 fully saturated rings. The number of aromatic carboxylic acids is 1. The molecular formula is C17H11N3O4S. The van der Waals surface area contributed by atoms with Crippen LogP contribution in [0.25, 0.3) is 22.4 Å². The number of hydrogen-bond acceptors (Lipinski definition) is 6. The average Bonchev–Trinajstić information content (AvgIpc) is 3.19. The molecule has 3 N–H and O–H groups in total. The minimum atomic E-state index is -0.982. The van der Waals surface area contributed by atoms with Crippen LogP contribution in [0.3, 0.4) is 0 Å². The summed E-state index contributed by atoms with van der Waals surface area (Å²) in [6, 6.07) is 11.9. The highest BCUT2D eigenvalue weighted by Crippen LogP contribution is 2.29. The maximum atomic E-state index is 11.2. The zero-order valence-electron chi connectivity index (χ0n) is 12.6. The van der Waals surface area contributed by atoms with Crippen LogP contribution in [0.5, 0.6) is 0 Å². The first-order valence-electron chi connectivity index (χ1n) is 7.28. The molecule has 7 nitrogen and oxygen atoms in total. The zero-order chi connectivity index (χ0) is 17.4. The Kier molecular flexibility index (Phi) is 3.58. The first kappa shape index (κ1) is 15.2. The number of carboxylic acids is 1. The van der Waals surface area contributed by atoms with Gasteiger partial charge in [0.25, 0.3) is 0 Å².